The van der Waals surface area contributed by atoms with Crippen LogP contribution in [0.3, 0.4) is 0 Å². The summed E-state index contributed by atoms with van der Waals surface area (Å²) in [6, 6.07) is 13.9. The highest BCUT2D eigenvalue weighted by Crippen LogP contribution is 2.22. The molecule has 2 aromatic carbocycles. The van der Waals surface area contributed by atoms with Gasteiger partial charge in [-0.1, -0.05) is 41.9 Å². The van der Waals surface area contributed by atoms with Crippen molar-refractivity contribution in [1.82, 2.24) is 4.98 Å². The maximum atomic E-state index is 12.3. The molecule has 0 unspecified atom stereocenters. The third-order valence-corrected chi connectivity index (χ3v) is 3.49. The summed E-state index contributed by atoms with van der Waals surface area (Å²) in [5.41, 5.74) is 1.41. The number of fused-ring (bicyclic) bond motifs is 1. The highest BCUT2D eigenvalue weighted by Gasteiger charge is 2.22. The van der Waals surface area contributed by atoms with Crippen molar-refractivity contribution in [3.05, 3.63) is 70.9 Å². The SMILES string of the molecule is O=C(C(=O)c1c[nH]c2ccccc12)c1ccccc1Cl. The van der Waals surface area contributed by atoms with E-state index < -0.39 is 11.6 Å². The van der Waals surface area contributed by atoms with Crippen LogP contribution in [0.1, 0.15) is 20.7 Å². The Morgan fingerprint density at radius 1 is 0.850 bits per heavy atom. The van der Waals surface area contributed by atoms with Gasteiger partial charge in [0.05, 0.1) is 10.6 Å². The van der Waals surface area contributed by atoms with Crippen LogP contribution in [0.25, 0.3) is 10.9 Å². The number of benzene rings is 2. The molecule has 0 amide bonds. The highest BCUT2D eigenvalue weighted by atomic mass is 35.5. The highest BCUT2D eigenvalue weighted by molar-refractivity contribution is 6.53. The third-order valence-electron chi connectivity index (χ3n) is 3.16. The normalized spacial score (nSPS) is 10.7. The maximum absolute atomic E-state index is 12.3. The fourth-order valence-electron chi connectivity index (χ4n) is 2.15. The Labute approximate surface area is 120 Å². The van der Waals surface area contributed by atoms with E-state index in [4.69, 9.17) is 11.6 Å². The van der Waals surface area contributed by atoms with E-state index in [2.05, 4.69) is 4.98 Å². The molecule has 0 saturated heterocycles. The van der Waals surface area contributed by atoms with E-state index in [9.17, 15) is 9.59 Å². The predicted octanol–water partition coefficient (Wildman–Crippen LogP) is 3.89. The van der Waals surface area contributed by atoms with E-state index in [0.717, 1.165) is 10.9 Å². The van der Waals surface area contributed by atoms with E-state index in [-0.39, 0.29) is 10.6 Å². The summed E-state index contributed by atoms with van der Waals surface area (Å²) in [4.78, 5) is 27.6. The van der Waals surface area contributed by atoms with Crippen molar-refractivity contribution in [1.29, 1.82) is 0 Å². The number of hydrogen-bond acceptors (Lipinski definition) is 2. The van der Waals surface area contributed by atoms with Crippen molar-refractivity contribution < 1.29 is 9.59 Å². The van der Waals surface area contributed by atoms with Crippen molar-refractivity contribution in [2.24, 2.45) is 0 Å². The average Bonchev–Trinajstić information content (AvgIpc) is 2.90. The second kappa shape index (κ2) is 4.94. The summed E-state index contributed by atoms with van der Waals surface area (Å²) in [7, 11) is 0. The molecule has 20 heavy (non-hydrogen) atoms. The molecule has 0 saturated carbocycles. The van der Waals surface area contributed by atoms with Crippen LogP contribution < -0.4 is 0 Å². The number of hydrogen-bond donors (Lipinski definition) is 1. The standard InChI is InChI=1S/C16H10ClNO2/c17-13-7-3-1-6-11(13)15(19)16(20)12-9-18-14-8-4-2-5-10(12)14/h1-9,18H. The van der Waals surface area contributed by atoms with Gasteiger partial charge in [-0.2, -0.15) is 0 Å². The van der Waals surface area contributed by atoms with E-state index in [1.165, 1.54) is 0 Å². The zero-order valence-corrected chi connectivity index (χ0v) is 11.1. The zero-order valence-electron chi connectivity index (χ0n) is 10.4. The van der Waals surface area contributed by atoms with E-state index >= 15 is 0 Å². The number of halogens is 1. The summed E-state index contributed by atoms with van der Waals surface area (Å²) in [5, 5.41) is 1.02. The smallest absolute Gasteiger partial charge is 0.235 e. The number of aromatic nitrogens is 1. The maximum Gasteiger partial charge on any atom is 0.235 e. The van der Waals surface area contributed by atoms with Crippen LogP contribution in [0.15, 0.2) is 54.7 Å². The van der Waals surface area contributed by atoms with Crippen LogP contribution in [-0.4, -0.2) is 16.6 Å². The molecule has 0 radical (unpaired) electrons. The van der Waals surface area contributed by atoms with Crippen LogP contribution >= 0.6 is 11.6 Å². The van der Waals surface area contributed by atoms with Gasteiger partial charge in [-0.3, -0.25) is 9.59 Å². The van der Waals surface area contributed by atoms with Gasteiger partial charge in [0.15, 0.2) is 0 Å². The summed E-state index contributed by atoms with van der Waals surface area (Å²) in [5.74, 6) is -1.16. The van der Waals surface area contributed by atoms with Crippen LogP contribution in [0.5, 0.6) is 0 Å². The fourth-order valence-corrected chi connectivity index (χ4v) is 2.37. The van der Waals surface area contributed by atoms with Crippen LogP contribution in [0, 0.1) is 0 Å². The largest absolute Gasteiger partial charge is 0.360 e. The van der Waals surface area contributed by atoms with Gasteiger partial charge in [0.25, 0.3) is 0 Å². The van der Waals surface area contributed by atoms with Gasteiger partial charge in [-0.05, 0) is 18.2 Å². The van der Waals surface area contributed by atoms with Gasteiger partial charge in [0, 0.05) is 22.7 Å². The molecule has 4 heteroatoms. The second-order valence-electron chi connectivity index (χ2n) is 4.39. The Balaban J connectivity index is 2.05. The molecule has 1 heterocycles. The Hall–Kier alpha value is -2.39. The summed E-state index contributed by atoms with van der Waals surface area (Å²) in [6.07, 6.45) is 1.56. The molecule has 3 nitrogen and oxygen atoms in total. The van der Waals surface area contributed by atoms with Crippen LogP contribution in [0.2, 0.25) is 5.02 Å². The first kappa shape index (κ1) is 12.6. The minimum atomic E-state index is -0.597. The summed E-state index contributed by atoms with van der Waals surface area (Å²) >= 11 is 5.96. The number of ketones is 2. The van der Waals surface area contributed by atoms with Gasteiger partial charge in [-0.15, -0.1) is 0 Å². The van der Waals surface area contributed by atoms with Gasteiger partial charge in [0.1, 0.15) is 0 Å². The molecular formula is C16H10ClNO2. The predicted molar refractivity (Wildman–Crippen MR) is 78.4 cm³/mol. The first-order chi connectivity index (χ1) is 9.68. The lowest BCUT2D eigenvalue weighted by molar-refractivity contribution is 0.0818. The number of H-pyrrole nitrogens is 1. The minimum Gasteiger partial charge on any atom is -0.360 e. The fraction of sp³-hybridized carbons (Fsp3) is 0. The number of Topliss-reactive ketones (excluding diaryl/α,β-unsaturated/α-hetero) is 2. The molecule has 0 fully saturated rings. The zero-order chi connectivity index (χ0) is 14.1. The van der Waals surface area contributed by atoms with E-state index in [1.807, 2.05) is 18.2 Å². The number of para-hydroxylation sites is 1. The summed E-state index contributed by atoms with van der Waals surface area (Å²) < 4.78 is 0. The number of carbonyl (C=O) groups excluding carboxylic acids is 2. The minimum absolute atomic E-state index is 0.226. The molecular weight excluding hydrogens is 274 g/mol. The van der Waals surface area contributed by atoms with Crippen molar-refractivity contribution >= 4 is 34.1 Å². The Morgan fingerprint density at radius 2 is 1.50 bits per heavy atom. The van der Waals surface area contributed by atoms with Crippen molar-refractivity contribution in [2.75, 3.05) is 0 Å². The summed E-state index contributed by atoms with van der Waals surface area (Å²) in [6.45, 7) is 0. The molecule has 0 aliphatic heterocycles. The van der Waals surface area contributed by atoms with Crippen molar-refractivity contribution in [2.45, 2.75) is 0 Å². The molecule has 3 rings (SSSR count). The first-order valence-corrected chi connectivity index (χ1v) is 6.46. The van der Waals surface area contributed by atoms with Gasteiger partial charge in [-0.25, -0.2) is 0 Å². The molecule has 0 atom stereocenters. The second-order valence-corrected chi connectivity index (χ2v) is 4.79. The van der Waals surface area contributed by atoms with Crippen LogP contribution in [0.4, 0.5) is 0 Å². The lowest BCUT2D eigenvalue weighted by Crippen LogP contribution is -2.14. The van der Waals surface area contributed by atoms with Crippen LogP contribution in [-0.2, 0) is 0 Å². The molecule has 0 spiro atoms. The van der Waals surface area contributed by atoms with Crippen molar-refractivity contribution in [3.8, 4) is 0 Å². The first-order valence-electron chi connectivity index (χ1n) is 6.08. The Morgan fingerprint density at radius 3 is 2.30 bits per heavy atom. The number of rotatable bonds is 3. The molecule has 0 aliphatic carbocycles. The Bertz CT molecular complexity index is 820. The lowest BCUT2D eigenvalue weighted by Gasteiger charge is -2.01. The van der Waals surface area contributed by atoms with E-state index in [0.29, 0.717) is 5.56 Å². The van der Waals surface area contributed by atoms with E-state index in [1.54, 1.807) is 36.5 Å². The quantitative estimate of drug-likeness (QED) is 0.586. The number of carbonyl (C=O) groups is 2. The molecule has 0 bridgehead atoms. The molecule has 1 N–H and O–H groups in total. The van der Waals surface area contributed by atoms with Crippen molar-refractivity contribution in [3.63, 3.8) is 0 Å². The monoisotopic (exact) mass is 283 g/mol. The van der Waals surface area contributed by atoms with Gasteiger partial charge >= 0.3 is 0 Å². The Kier molecular flexibility index (Phi) is 3.12. The van der Waals surface area contributed by atoms with Gasteiger partial charge < -0.3 is 4.98 Å². The van der Waals surface area contributed by atoms with Gasteiger partial charge in [0.2, 0.25) is 11.6 Å². The topological polar surface area (TPSA) is 49.9 Å². The average molecular weight is 284 g/mol. The molecule has 3 aromatic rings. The molecule has 1 aromatic heterocycles. The number of aromatic amines is 1. The lowest BCUT2D eigenvalue weighted by atomic mass is 10.0. The third kappa shape index (κ3) is 2.02. The number of nitrogens with one attached hydrogen (secondary N) is 1. The molecule has 98 valence electrons. The molecule has 0 aliphatic rings.